The number of halogens is 1. The van der Waals surface area contributed by atoms with Gasteiger partial charge in [-0.15, -0.1) is 0 Å². The van der Waals surface area contributed by atoms with Gasteiger partial charge in [0.25, 0.3) is 0 Å². The molecule has 1 aromatic rings. The second-order valence-corrected chi connectivity index (χ2v) is 3.97. The summed E-state index contributed by atoms with van der Waals surface area (Å²) < 4.78 is 0. The van der Waals surface area contributed by atoms with Crippen LogP contribution in [0.3, 0.4) is 0 Å². The van der Waals surface area contributed by atoms with Crippen LogP contribution in [0.25, 0.3) is 0 Å². The number of rotatable bonds is 2. The van der Waals surface area contributed by atoms with Crippen LogP contribution in [0.15, 0.2) is 18.2 Å². The van der Waals surface area contributed by atoms with Crippen LogP contribution < -0.4 is 10.2 Å². The SMILES string of the molecule is O=Cc1ccc(N2CCNCC2)cc1Cl. The van der Waals surface area contributed by atoms with Crippen molar-refractivity contribution in [2.75, 3.05) is 31.1 Å². The molecule has 2 rings (SSSR count). The van der Waals surface area contributed by atoms with Gasteiger partial charge in [-0.05, 0) is 18.2 Å². The summed E-state index contributed by atoms with van der Waals surface area (Å²) in [4.78, 5) is 12.9. The Morgan fingerprint density at radius 3 is 2.67 bits per heavy atom. The maximum Gasteiger partial charge on any atom is 0.151 e. The van der Waals surface area contributed by atoms with Crippen molar-refractivity contribution >= 4 is 23.6 Å². The maximum atomic E-state index is 10.6. The van der Waals surface area contributed by atoms with Gasteiger partial charge in [0.1, 0.15) is 0 Å². The molecule has 0 radical (unpaired) electrons. The summed E-state index contributed by atoms with van der Waals surface area (Å²) in [5, 5.41) is 3.82. The molecular weight excluding hydrogens is 212 g/mol. The summed E-state index contributed by atoms with van der Waals surface area (Å²) in [5.74, 6) is 0. The lowest BCUT2D eigenvalue weighted by molar-refractivity contribution is 0.112. The van der Waals surface area contributed by atoms with E-state index in [1.165, 1.54) is 0 Å². The monoisotopic (exact) mass is 224 g/mol. The summed E-state index contributed by atoms with van der Waals surface area (Å²) in [7, 11) is 0. The molecule has 15 heavy (non-hydrogen) atoms. The van der Waals surface area contributed by atoms with Crippen molar-refractivity contribution in [3.63, 3.8) is 0 Å². The molecule has 80 valence electrons. The van der Waals surface area contributed by atoms with Crippen LogP contribution in [0.4, 0.5) is 5.69 Å². The first kappa shape index (κ1) is 10.5. The smallest absolute Gasteiger partial charge is 0.151 e. The van der Waals surface area contributed by atoms with E-state index in [-0.39, 0.29) is 0 Å². The normalized spacial score (nSPS) is 16.5. The Hall–Kier alpha value is -1.06. The molecule has 1 heterocycles. The molecule has 0 amide bonds. The number of nitrogens with zero attached hydrogens (tertiary/aromatic N) is 1. The van der Waals surface area contributed by atoms with Crippen LogP contribution in [0.2, 0.25) is 5.02 Å². The summed E-state index contributed by atoms with van der Waals surface area (Å²) in [6, 6.07) is 5.57. The molecule has 0 saturated carbocycles. The van der Waals surface area contributed by atoms with Gasteiger partial charge >= 0.3 is 0 Å². The standard InChI is InChI=1S/C11H13ClN2O/c12-11-7-10(2-1-9(11)8-15)14-5-3-13-4-6-14/h1-2,7-8,13H,3-6H2. The van der Waals surface area contributed by atoms with E-state index in [0.717, 1.165) is 38.2 Å². The predicted octanol–water partition coefficient (Wildman–Crippen LogP) is 1.56. The molecule has 1 aromatic carbocycles. The fourth-order valence-electron chi connectivity index (χ4n) is 1.73. The molecule has 1 N–H and O–H groups in total. The minimum atomic E-state index is 0.529. The third kappa shape index (κ3) is 2.30. The molecule has 0 bridgehead atoms. The Bertz CT molecular complexity index is 362. The average molecular weight is 225 g/mol. The van der Waals surface area contributed by atoms with Crippen molar-refractivity contribution in [2.24, 2.45) is 0 Å². The van der Waals surface area contributed by atoms with Crippen LogP contribution in [-0.2, 0) is 0 Å². The van der Waals surface area contributed by atoms with Gasteiger partial charge in [-0.25, -0.2) is 0 Å². The Balaban J connectivity index is 2.21. The van der Waals surface area contributed by atoms with Crippen molar-refractivity contribution < 1.29 is 4.79 Å². The van der Waals surface area contributed by atoms with Crippen LogP contribution in [-0.4, -0.2) is 32.5 Å². The van der Waals surface area contributed by atoms with Crippen LogP contribution in [0, 0.1) is 0 Å². The van der Waals surface area contributed by atoms with Crippen molar-refractivity contribution in [1.82, 2.24) is 5.32 Å². The number of anilines is 1. The van der Waals surface area contributed by atoms with Gasteiger partial charge in [0.05, 0.1) is 5.02 Å². The molecule has 0 aliphatic carbocycles. The van der Waals surface area contributed by atoms with E-state index in [2.05, 4.69) is 10.2 Å². The molecule has 0 spiro atoms. The van der Waals surface area contributed by atoms with E-state index in [0.29, 0.717) is 10.6 Å². The van der Waals surface area contributed by atoms with Crippen LogP contribution in [0.1, 0.15) is 10.4 Å². The third-order valence-corrected chi connectivity index (χ3v) is 2.92. The lowest BCUT2D eigenvalue weighted by Gasteiger charge is -2.29. The highest BCUT2D eigenvalue weighted by Gasteiger charge is 2.11. The lowest BCUT2D eigenvalue weighted by Crippen LogP contribution is -2.43. The summed E-state index contributed by atoms with van der Waals surface area (Å²) >= 11 is 5.98. The molecule has 1 fully saturated rings. The van der Waals surface area contributed by atoms with E-state index in [9.17, 15) is 4.79 Å². The number of piperazine rings is 1. The van der Waals surface area contributed by atoms with E-state index in [1.807, 2.05) is 12.1 Å². The predicted molar refractivity (Wildman–Crippen MR) is 61.9 cm³/mol. The number of hydrogen-bond acceptors (Lipinski definition) is 3. The van der Waals surface area contributed by atoms with Gasteiger partial charge in [-0.1, -0.05) is 11.6 Å². The molecular formula is C11H13ClN2O. The molecule has 1 aliphatic heterocycles. The second kappa shape index (κ2) is 4.64. The first-order valence-corrected chi connectivity index (χ1v) is 5.39. The Kier molecular flexibility index (Phi) is 3.23. The highest BCUT2D eigenvalue weighted by Crippen LogP contribution is 2.22. The lowest BCUT2D eigenvalue weighted by atomic mass is 10.2. The van der Waals surface area contributed by atoms with E-state index < -0.39 is 0 Å². The summed E-state index contributed by atoms with van der Waals surface area (Å²) in [5.41, 5.74) is 1.64. The van der Waals surface area contributed by atoms with Gasteiger partial charge in [0.2, 0.25) is 0 Å². The largest absolute Gasteiger partial charge is 0.369 e. The fraction of sp³-hybridized carbons (Fsp3) is 0.364. The van der Waals surface area contributed by atoms with Gasteiger partial charge < -0.3 is 10.2 Å². The highest BCUT2D eigenvalue weighted by molar-refractivity contribution is 6.33. The maximum absolute atomic E-state index is 10.6. The second-order valence-electron chi connectivity index (χ2n) is 3.56. The molecule has 1 aliphatic rings. The third-order valence-electron chi connectivity index (χ3n) is 2.59. The molecule has 0 unspecified atom stereocenters. The number of carbonyl (C=O) groups is 1. The zero-order chi connectivity index (χ0) is 10.7. The van der Waals surface area contributed by atoms with E-state index in [4.69, 9.17) is 11.6 Å². The van der Waals surface area contributed by atoms with Crippen molar-refractivity contribution in [1.29, 1.82) is 0 Å². The van der Waals surface area contributed by atoms with Crippen molar-refractivity contribution in [2.45, 2.75) is 0 Å². The molecule has 0 aromatic heterocycles. The molecule has 3 nitrogen and oxygen atoms in total. The van der Waals surface area contributed by atoms with E-state index >= 15 is 0 Å². The number of aldehydes is 1. The zero-order valence-corrected chi connectivity index (χ0v) is 9.13. The quantitative estimate of drug-likeness (QED) is 0.774. The van der Waals surface area contributed by atoms with Crippen LogP contribution in [0.5, 0.6) is 0 Å². The van der Waals surface area contributed by atoms with Crippen LogP contribution >= 0.6 is 11.6 Å². The zero-order valence-electron chi connectivity index (χ0n) is 8.37. The Morgan fingerprint density at radius 2 is 2.07 bits per heavy atom. The molecule has 1 saturated heterocycles. The van der Waals surface area contributed by atoms with Gasteiger partial charge in [-0.2, -0.15) is 0 Å². The Morgan fingerprint density at radius 1 is 1.33 bits per heavy atom. The minimum absolute atomic E-state index is 0.529. The summed E-state index contributed by atoms with van der Waals surface area (Å²) in [6.07, 6.45) is 0.782. The van der Waals surface area contributed by atoms with Crippen molar-refractivity contribution in [3.05, 3.63) is 28.8 Å². The number of nitrogens with one attached hydrogen (secondary N) is 1. The molecule has 0 atom stereocenters. The number of hydrogen-bond donors (Lipinski definition) is 1. The Labute approximate surface area is 94.0 Å². The first-order valence-electron chi connectivity index (χ1n) is 5.01. The highest BCUT2D eigenvalue weighted by atomic mass is 35.5. The van der Waals surface area contributed by atoms with Gasteiger partial charge in [0, 0.05) is 37.4 Å². The minimum Gasteiger partial charge on any atom is -0.369 e. The topological polar surface area (TPSA) is 32.3 Å². The van der Waals surface area contributed by atoms with Gasteiger partial charge in [0.15, 0.2) is 6.29 Å². The number of carbonyl (C=O) groups excluding carboxylic acids is 1. The average Bonchev–Trinajstić information content (AvgIpc) is 2.30. The first-order chi connectivity index (χ1) is 7.31. The number of benzene rings is 1. The van der Waals surface area contributed by atoms with E-state index in [1.54, 1.807) is 6.07 Å². The van der Waals surface area contributed by atoms with Gasteiger partial charge in [-0.3, -0.25) is 4.79 Å². The fourth-order valence-corrected chi connectivity index (χ4v) is 1.95. The molecule has 4 heteroatoms. The van der Waals surface area contributed by atoms with Crippen molar-refractivity contribution in [3.8, 4) is 0 Å². The summed E-state index contributed by atoms with van der Waals surface area (Å²) in [6.45, 7) is 3.95.